The molecular weight excluding hydrogens is 466 g/mol. The summed E-state index contributed by atoms with van der Waals surface area (Å²) in [5.41, 5.74) is -0.771. The van der Waals surface area contributed by atoms with Crippen molar-refractivity contribution in [2.45, 2.75) is 19.1 Å². The van der Waals surface area contributed by atoms with Gasteiger partial charge in [0, 0.05) is 50.9 Å². The number of rotatable bonds is 5. The second kappa shape index (κ2) is 9.41. The van der Waals surface area contributed by atoms with Crippen LogP contribution in [0.1, 0.15) is 16.1 Å². The van der Waals surface area contributed by atoms with E-state index in [2.05, 4.69) is 21.5 Å². The van der Waals surface area contributed by atoms with E-state index in [0.29, 0.717) is 5.96 Å². The molecule has 1 N–H and O–H groups in total. The van der Waals surface area contributed by atoms with E-state index in [1.165, 1.54) is 22.8 Å². The first-order valence-corrected chi connectivity index (χ1v) is 8.23. The first-order chi connectivity index (χ1) is 11.3. The van der Waals surface area contributed by atoms with Gasteiger partial charge in [0.2, 0.25) is 0 Å². The largest absolute Gasteiger partial charge is 0.435 e. The molecule has 0 spiro atoms. The van der Waals surface area contributed by atoms with E-state index in [9.17, 15) is 13.2 Å². The van der Waals surface area contributed by atoms with Crippen molar-refractivity contribution < 1.29 is 13.2 Å². The second-order valence-corrected chi connectivity index (χ2v) is 6.36. The molecule has 0 unspecified atom stereocenters. The predicted octanol–water partition coefficient (Wildman–Crippen LogP) is 3.37. The van der Waals surface area contributed by atoms with E-state index < -0.39 is 11.9 Å². The summed E-state index contributed by atoms with van der Waals surface area (Å²) < 4.78 is 40.1. The van der Waals surface area contributed by atoms with Crippen molar-refractivity contribution in [1.82, 2.24) is 20.0 Å². The van der Waals surface area contributed by atoms with E-state index in [1.54, 1.807) is 18.4 Å². The highest BCUT2D eigenvalue weighted by atomic mass is 127. The molecule has 0 saturated heterocycles. The van der Waals surface area contributed by atoms with Gasteiger partial charge in [0.15, 0.2) is 11.7 Å². The van der Waals surface area contributed by atoms with Gasteiger partial charge in [-0.15, -0.1) is 35.3 Å². The van der Waals surface area contributed by atoms with Crippen molar-refractivity contribution in [2.75, 3.05) is 20.6 Å². The number of alkyl halides is 3. The van der Waals surface area contributed by atoms with Gasteiger partial charge in [-0.25, -0.2) is 0 Å². The zero-order valence-electron chi connectivity index (χ0n) is 14.2. The minimum absolute atomic E-state index is 0. The molecule has 2 rings (SSSR count). The van der Waals surface area contributed by atoms with Crippen LogP contribution in [-0.4, -0.2) is 41.3 Å². The normalized spacial score (nSPS) is 12.0. The zero-order chi connectivity index (χ0) is 17.7. The van der Waals surface area contributed by atoms with Crippen LogP contribution in [0.4, 0.5) is 13.2 Å². The van der Waals surface area contributed by atoms with Crippen molar-refractivity contribution in [3.63, 3.8) is 0 Å². The van der Waals surface area contributed by atoms with Crippen LogP contribution in [0.3, 0.4) is 0 Å². The lowest BCUT2D eigenvalue weighted by molar-refractivity contribution is -0.142. The molecule has 0 fully saturated rings. The molecule has 0 amide bonds. The first-order valence-electron chi connectivity index (χ1n) is 7.35. The van der Waals surface area contributed by atoms with Crippen LogP contribution >= 0.6 is 35.3 Å². The minimum atomic E-state index is -4.47. The molecular formula is C15H21F3IN5S. The van der Waals surface area contributed by atoms with Crippen LogP contribution in [0.2, 0.25) is 0 Å². The van der Waals surface area contributed by atoms with E-state index in [4.69, 9.17) is 0 Å². The maximum atomic E-state index is 13.0. The fourth-order valence-corrected chi connectivity index (χ4v) is 3.00. The highest BCUT2D eigenvalue weighted by Gasteiger charge is 2.36. The maximum Gasteiger partial charge on any atom is 0.435 e. The van der Waals surface area contributed by atoms with Crippen molar-refractivity contribution in [3.05, 3.63) is 39.8 Å². The molecule has 2 aromatic heterocycles. The molecule has 2 heterocycles. The van der Waals surface area contributed by atoms with E-state index in [1.807, 2.05) is 23.4 Å². The summed E-state index contributed by atoms with van der Waals surface area (Å²) in [7, 11) is 4.94. The summed E-state index contributed by atoms with van der Waals surface area (Å²) in [5, 5.41) is 8.48. The van der Waals surface area contributed by atoms with Gasteiger partial charge in [-0.2, -0.15) is 18.3 Å². The van der Waals surface area contributed by atoms with E-state index in [-0.39, 0.29) is 36.1 Å². The standard InChI is InChI=1S/C15H20F3N5S.HI/c1-19-14(22(2)7-6-12-5-4-8-24-12)20-9-11-10-23(3)21-13(11)15(16,17)18;/h4-5,8,10H,6-7,9H2,1-3H3,(H,19,20);1H. The second-order valence-electron chi connectivity index (χ2n) is 5.33. The molecule has 5 nitrogen and oxygen atoms in total. The number of halogens is 4. The summed E-state index contributed by atoms with van der Waals surface area (Å²) in [6.45, 7) is 0.734. The van der Waals surface area contributed by atoms with Crippen molar-refractivity contribution >= 4 is 41.3 Å². The van der Waals surface area contributed by atoms with E-state index >= 15 is 0 Å². The monoisotopic (exact) mass is 487 g/mol. The molecule has 0 aliphatic rings. The zero-order valence-corrected chi connectivity index (χ0v) is 17.3. The number of nitrogens with one attached hydrogen (secondary N) is 1. The third-order valence-electron chi connectivity index (χ3n) is 3.46. The average molecular weight is 487 g/mol. The Hall–Kier alpha value is -1.30. The van der Waals surface area contributed by atoms with Crippen molar-refractivity contribution in [1.29, 1.82) is 0 Å². The number of hydrogen-bond acceptors (Lipinski definition) is 3. The molecule has 0 saturated carbocycles. The number of likely N-dealkylation sites (N-methyl/N-ethyl adjacent to an activating group) is 1. The van der Waals surface area contributed by atoms with Gasteiger partial charge in [0.05, 0.1) is 0 Å². The lowest BCUT2D eigenvalue weighted by Crippen LogP contribution is -2.39. The lowest BCUT2D eigenvalue weighted by atomic mass is 10.2. The Bertz CT molecular complexity index is 682. The van der Waals surface area contributed by atoms with Crippen LogP contribution in [-0.2, 0) is 26.2 Å². The molecule has 0 bridgehead atoms. The number of guanidine groups is 1. The van der Waals surface area contributed by atoms with Gasteiger partial charge >= 0.3 is 6.18 Å². The summed E-state index contributed by atoms with van der Waals surface area (Å²) in [6, 6.07) is 4.05. The van der Waals surface area contributed by atoms with Gasteiger partial charge in [-0.3, -0.25) is 9.67 Å². The fourth-order valence-electron chi connectivity index (χ4n) is 2.30. The van der Waals surface area contributed by atoms with Crippen LogP contribution < -0.4 is 5.32 Å². The summed E-state index contributed by atoms with van der Waals surface area (Å²) >= 11 is 1.68. The molecule has 25 heavy (non-hydrogen) atoms. The average Bonchev–Trinajstić information content (AvgIpc) is 3.14. The number of aryl methyl sites for hydroxylation is 1. The van der Waals surface area contributed by atoms with Gasteiger partial charge < -0.3 is 10.2 Å². The Morgan fingerprint density at radius 2 is 2.16 bits per heavy atom. The quantitative estimate of drug-likeness (QED) is 0.400. The summed E-state index contributed by atoms with van der Waals surface area (Å²) in [5.74, 6) is 0.545. The van der Waals surface area contributed by atoms with Gasteiger partial charge in [0.1, 0.15) is 0 Å². The van der Waals surface area contributed by atoms with Gasteiger partial charge in [0.25, 0.3) is 0 Å². The van der Waals surface area contributed by atoms with Crippen molar-refractivity contribution in [2.24, 2.45) is 12.0 Å². The third-order valence-corrected chi connectivity index (χ3v) is 4.39. The molecule has 0 aliphatic carbocycles. The Kier molecular flexibility index (Phi) is 8.19. The number of nitrogens with zero attached hydrogens (tertiary/aromatic N) is 4. The predicted molar refractivity (Wildman–Crippen MR) is 104 cm³/mol. The van der Waals surface area contributed by atoms with Crippen LogP contribution in [0.25, 0.3) is 0 Å². The SMILES string of the molecule is CN=C(NCc1cn(C)nc1C(F)(F)F)N(C)CCc1cccs1.I. The van der Waals surface area contributed by atoms with Gasteiger partial charge in [-0.1, -0.05) is 6.07 Å². The van der Waals surface area contributed by atoms with Crippen LogP contribution in [0, 0.1) is 0 Å². The molecule has 140 valence electrons. The number of aromatic nitrogens is 2. The smallest absolute Gasteiger partial charge is 0.352 e. The highest BCUT2D eigenvalue weighted by molar-refractivity contribution is 14.0. The molecule has 0 aromatic carbocycles. The van der Waals surface area contributed by atoms with Crippen LogP contribution in [0.15, 0.2) is 28.7 Å². The van der Waals surface area contributed by atoms with E-state index in [0.717, 1.165) is 13.0 Å². The highest BCUT2D eigenvalue weighted by Crippen LogP contribution is 2.30. The Morgan fingerprint density at radius 3 is 2.72 bits per heavy atom. The molecule has 10 heteroatoms. The molecule has 0 aliphatic heterocycles. The Labute approximate surface area is 166 Å². The molecule has 0 atom stereocenters. The number of aliphatic imine (C=N–C) groups is 1. The number of hydrogen-bond donors (Lipinski definition) is 1. The topological polar surface area (TPSA) is 45.5 Å². The Morgan fingerprint density at radius 1 is 1.44 bits per heavy atom. The minimum Gasteiger partial charge on any atom is -0.352 e. The maximum absolute atomic E-state index is 13.0. The molecule has 2 aromatic rings. The lowest BCUT2D eigenvalue weighted by Gasteiger charge is -2.22. The third kappa shape index (κ3) is 6.17. The fraction of sp³-hybridized carbons (Fsp3) is 0.467. The van der Waals surface area contributed by atoms with Crippen LogP contribution in [0.5, 0.6) is 0 Å². The summed E-state index contributed by atoms with van der Waals surface area (Å²) in [6.07, 6.45) is -2.24. The first kappa shape index (κ1) is 21.7. The van der Waals surface area contributed by atoms with Gasteiger partial charge in [-0.05, 0) is 17.9 Å². The summed E-state index contributed by atoms with van der Waals surface area (Å²) in [4.78, 5) is 7.27. The Balaban J connectivity index is 0.00000312. The molecule has 0 radical (unpaired) electrons. The number of thiophene rings is 1. The van der Waals surface area contributed by atoms with Crippen molar-refractivity contribution in [3.8, 4) is 0 Å².